The molecule has 0 amide bonds. The SMILES string of the molecule is CCNC(CC)Cc1nc(C2CSCCN2C)no1. The molecule has 1 aliphatic rings. The van der Waals surface area contributed by atoms with Crippen LogP contribution in [0.2, 0.25) is 0 Å². The van der Waals surface area contributed by atoms with E-state index in [0.29, 0.717) is 12.1 Å². The van der Waals surface area contributed by atoms with E-state index in [2.05, 4.69) is 41.3 Å². The first-order valence-electron chi connectivity index (χ1n) is 7.08. The molecule has 0 aromatic carbocycles. The van der Waals surface area contributed by atoms with Gasteiger partial charge in [-0.3, -0.25) is 4.90 Å². The van der Waals surface area contributed by atoms with Gasteiger partial charge in [-0.2, -0.15) is 16.7 Å². The lowest BCUT2D eigenvalue weighted by molar-refractivity contribution is 0.256. The Morgan fingerprint density at radius 1 is 1.53 bits per heavy atom. The van der Waals surface area contributed by atoms with Gasteiger partial charge in [0.1, 0.15) is 0 Å². The quantitative estimate of drug-likeness (QED) is 0.858. The molecule has 0 aliphatic carbocycles. The highest BCUT2D eigenvalue weighted by atomic mass is 32.2. The van der Waals surface area contributed by atoms with Crippen LogP contribution in [0.15, 0.2) is 4.52 Å². The molecular weight excluding hydrogens is 260 g/mol. The molecule has 6 heteroatoms. The van der Waals surface area contributed by atoms with Gasteiger partial charge < -0.3 is 9.84 Å². The maximum atomic E-state index is 5.41. The van der Waals surface area contributed by atoms with Crippen molar-refractivity contribution in [2.45, 2.75) is 38.8 Å². The highest BCUT2D eigenvalue weighted by molar-refractivity contribution is 7.99. The summed E-state index contributed by atoms with van der Waals surface area (Å²) in [6.45, 7) is 6.36. The van der Waals surface area contributed by atoms with E-state index in [1.165, 1.54) is 5.75 Å². The third-order valence-electron chi connectivity index (χ3n) is 3.58. The fourth-order valence-electron chi connectivity index (χ4n) is 2.30. The molecule has 5 nitrogen and oxygen atoms in total. The van der Waals surface area contributed by atoms with Gasteiger partial charge in [-0.1, -0.05) is 19.0 Å². The molecule has 0 saturated carbocycles. The van der Waals surface area contributed by atoms with E-state index >= 15 is 0 Å². The van der Waals surface area contributed by atoms with Crippen molar-refractivity contribution in [1.82, 2.24) is 20.4 Å². The number of nitrogens with one attached hydrogen (secondary N) is 1. The smallest absolute Gasteiger partial charge is 0.228 e. The van der Waals surface area contributed by atoms with Crippen molar-refractivity contribution in [1.29, 1.82) is 0 Å². The van der Waals surface area contributed by atoms with Gasteiger partial charge in [0.2, 0.25) is 5.89 Å². The number of rotatable bonds is 6. The lowest BCUT2D eigenvalue weighted by atomic mass is 10.1. The molecule has 1 aromatic heterocycles. The van der Waals surface area contributed by atoms with Crippen LogP contribution < -0.4 is 5.32 Å². The molecule has 1 saturated heterocycles. The number of nitrogens with zero attached hydrogens (tertiary/aromatic N) is 3. The first-order chi connectivity index (χ1) is 9.24. The van der Waals surface area contributed by atoms with Gasteiger partial charge in [0.15, 0.2) is 5.82 Å². The summed E-state index contributed by atoms with van der Waals surface area (Å²) in [4.78, 5) is 6.89. The molecular formula is C13H24N4OS. The zero-order chi connectivity index (χ0) is 13.7. The Morgan fingerprint density at radius 2 is 2.37 bits per heavy atom. The summed E-state index contributed by atoms with van der Waals surface area (Å²) in [5.41, 5.74) is 0. The van der Waals surface area contributed by atoms with Crippen molar-refractivity contribution in [3.63, 3.8) is 0 Å². The Bertz CT molecular complexity index is 384. The summed E-state index contributed by atoms with van der Waals surface area (Å²) in [6.07, 6.45) is 1.89. The van der Waals surface area contributed by atoms with Crippen molar-refractivity contribution < 1.29 is 4.52 Å². The van der Waals surface area contributed by atoms with Crippen molar-refractivity contribution in [3.8, 4) is 0 Å². The number of thioether (sulfide) groups is 1. The zero-order valence-electron chi connectivity index (χ0n) is 12.1. The minimum absolute atomic E-state index is 0.301. The van der Waals surface area contributed by atoms with Gasteiger partial charge in [-0.05, 0) is 20.0 Å². The molecule has 2 rings (SSSR count). The van der Waals surface area contributed by atoms with Crippen molar-refractivity contribution >= 4 is 11.8 Å². The second-order valence-electron chi connectivity index (χ2n) is 4.98. The van der Waals surface area contributed by atoms with E-state index in [1.807, 2.05) is 11.8 Å². The van der Waals surface area contributed by atoms with Gasteiger partial charge in [0.05, 0.1) is 6.04 Å². The minimum Gasteiger partial charge on any atom is -0.339 e. The van der Waals surface area contributed by atoms with Gasteiger partial charge in [-0.15, -0.1) is 0 Å². The summed E-state index contributed by atoms with van der Waals surface area (Å²) in [5.74, 6) is 3.85. The maximum absolute atomic E-state index is 5.41. The second kappa shape index (κ2) is 7.26. The van der Waals surface area contributed by atoms with E-state index < -0.39 is 0 Å². The van der Waals surface area contributed by atoms with E-state index in [4.69, 9.17) is 4.52 Å². The number of hydrogen-bond donors (Lipinski definition) is 1. The lowest BCUT2D eigenvalue weighted by Gasteiger charge is -2.29. The van der Waals surface area contributed by atoms with Crippen LogP contribution in [-0.2, 0) is 6.42 Å². The highest BCUT2D eigenvalue weighted by Gasteiger charge is 2.26. The Morgan fingerprint density at radius 3 is 3.05 bits per heavy atom. The topological polar surface area (TPSA) is 54.2 Å². The average Bonchev–Trinajstić information content (AvgIpc) is 2.87. The fourth-order valence-corrected chi connectivity index (χ4v) is 3.52. The Kier molecular flexibility index (Phi) is 5.66. The average molecular weight is 284 g/mol. The lowest BCUT2D eigenvalue weighted by Crippen LogP contribution is -2.33. The van der Waals surface area contributed by atoms with Crippen LogP contribution >= 0.6 is 11.8 Å². The van der Waals surface area contributed by atoms with E-state index in [9.17, 15) is 0 Å². The molecule has 2 heterocycles. The molecule has 1 N–H and O–H groups in total. The largest absolute Gasteiger partial charge is 0.339 e. The predicted octanol–water partition coefficient (Wildman–Crippen LogP) is 1.72. The van der Waals surface area contributed by atoms with Crippen LogP contribution in [0.1, 0.15) is 38.0 Å². The molecule has 0 radical (unpaired) electrons. The normalized spacial score (nSPS) is 22.6. The summed E-state index contributed by atoms with van der Waals surface area (Å²) >= 11 is 1.96. The third kappa shape index (κ3) is 3.94. The summed E-state index contributed by atoms with van der Waals surface area (Å²) in [5, 5.41) is 7.60. The van der Waals surface area contributed by atoms with Crippen LogP contribution in [0.25, 0.3) is 0 Å². The number of likely N-dealkylation sites (N-methyl/N-ethyl adjacent to an activating group) is 1. The molecule has 0 bridgehead atoms. The summed E-state index contributed by atoms with van der Waals surface area (Å²) in [6, 6.07) is 0.729. The van der Waals surface area contributed by atoms with Crippen LogP contribution in [-0.4, -0.2) is 52.7 Å². The van der Waals surface area contributed by atoms with E-state index in [-0.39, 0.29) is 0 Å². The first kappa shape index (κ1) is 14.8. The van der Waals surface area contributed by atoms with Crippen molar-refractivity contribution in [2.24, 2.45) is 0 Å². The predicted molar refractivity (Wildman–Crippen MR) is 78.5 cm³/mol. The van der Waals surface area contributed by atoms with Crippen molar-refractivity contribution in [3.05, 3.63) is 11.7 Å². The Hall–Kier alpha value is -0.590. The Balaban J connectivity index is 1.97. The van der Waals surface area contributed by atoms with Gasteiger partial charge >= 0.3 is 0 Å². The molecule has 2 atom stereocenters. The van der Waals surface area contributed by atoms with Gasteiger partial charge in [-0.25, -0.2) is 0 Å². The summed E-state index contributed by atoms with van der Waals surface area (Å²) < 4.78 is 5.41. The molecule has 108 valence electrons. The monoisotopic (exact) mass is 284 g/mol. The molecule has 0 spiro atoms. The standard InChI is InChI=1S/C13H24N4OS/c1-4-10(14-5-2)8-12-15-13(16-18-12)11-9-19-7-6-17(11)3/h10-11,14H,4-9H2,1-3H3. The van der Waals surface area contributed by atoms with Crippen LogP contribution in [0.3, 0.4) is 0 Å². The van der Waals surface area contributed by atoms with Crippen LogP contribution in [0.4, 0.5) is 0 Å². The first-order valence-corrected chi connectivity index (χ1v) is 8.23. The van der Waals surface area contributed by atoms with Crippen LogP contribution in [0.5, 0.6) is 0 Å². The molecule has 19 heavy (non-hydrogen) atoms. The molecule has 1 fully saturated rings. The second-order valence-corrected chi connectivity index (χ2v) is 6.13. The number of hydrogen-bond acceptors (Lipinski definition) is 6. The number of aromatic nitrogens is 2. The summed E-state index contributed by atoms with van der Waals surface area (Å²) in [7, 11) is 2.13. The molecule has 1 aromatic rings. The van der Waals surface area contributed by atoms with E-state index in [1.54, 1.807) is 0 Å². The van der Waals surface area contributed by atoms with Crippen LogP contribution in [0, 0.1) is 0 Å². The highest BCUT2D eigenvalue weighted by Crippen LogP contribution is 2.26. The Labute approximate surface area is 119 Å². The molecule has 2 unspecified atom stereocenters. The fraction of sp³-hybridized carbons (Fsp3) is 0.846. The van der Waals surface area contributed by atoms with Gasteiger partial charge in [0.25, 0.3) is 0 Å². The van der Waals surface area contributed by atoms with Gasteiger partial charge in [0, 0.05) is 30.5 Å². The van der Waals surface area contributed by atoms with E-state index in [0.717, 1.165) is 43.4 Å². The maximum Gasteiger partial charge on any atom is 0.228 e. The molecule has 1 aliphatic heterocycles. The van der Waals surface area contributed by atoms with Crippen molar-refractivity contribution in [2.75, 3.05) is 31.6 Å². The minimum atomic E-state index is 0.301. The third-order valence-corrected chi connectivity index (χ3v) is 4.61. The zero-order valence-corrected chi connectivity index (χ0v) is 12.9.